The summed E-state index contributed by atoms with van der Waals surface area (Å²) in [4.78, 5) is 21.7. The van der Waals surface area contributed by atoms with Crippen molar-refractivity contribution in [3.05, 3.63) is 64.9 Å². The molecule has 2 heterocycles. The average Bonchev–Trinajstić information content (AvgIpc) is 2.69. The minimum Gasteiger partial charge on any atom is -0.340 e. The fourth-order valence-corrected chi connectivity index (χ4v) is 3.75. The van der Waals surface area contributed by atoms with E-state index in [1.165, 1.54) is 0 Å². The molecule has 5 heteroatoms. The van der Waals surface area contributed by atoms with Gasteiger partial charge in [0.2, 0.25) is 5.91 Å². The summed E-state index contributed by atoms with van der Waals surface area (Å²) in [5.74, 6) is 0.157. The van der Waals surface area contributed by atoms with Crippen molar-refractivity contribution in [3.63, 3.8) is 0 Å². The van der Waals surface area contributed by atoms with Crippen molar-refractivity contribution in [2.75, 3.05) is 26.2 Å². The van der Waals surface area contributed by atoms with Crippen LogP contribution in [0.1, 0.15) is 31.1 Å². The van der Waals surface area contributed by atoms with E-state index in [9.17, 15) is 4.79 Å². The second-order valence-corrected chi connectivity index (χ2v) is 7.40. The molecule has 26 heavy (non-hydrogen) atoms. The van der Waals surface area contributed by atoms with Crippen LogP contribution in [0.15, 0.2) is 48.7 Å². The molecule has 1 aliphatic rings. The Bertz CT molecular complexity index is 729. The summed E-state index contributed by atoms with van der Waals surface area (Å²) in [6.45, 7) is 7.46. The van der Waals surface area contributed by atoms with E-state index in [1.807, 2.05) is 54.4 Å². The van der Waals surface area contributed by atoms with E-state index in [1.54, 1.807) is 0 Å². The Kier molecular flexibility index (Phi) is 6.28. The number of piperazine rings is 1. The second kappa shape index (κ2) is 8.65. The second-order valence-electron chi connectivity index (χ2n) is 6.99. The number of rotatable bonds is 5. The Balaban J connectivity index is 1.54. The zero-order valence-corrected chi connectivity index (χ0v) is 16.2. The van der Waals surface area contributed by atoms with Gasteiger partial charge in [0.1, 0.15) is 0 Å². The van der Waals surface area contributed by atoms with E-state index in [2.05, 4.69) is 22.9 Å². The van der Waals surface area contributed by atoms with Gasteiger partial charge in [0.15, 0.2) is 0 Å². The van der Waals surface area contributed by atoms with Crippen molar-refractivity contribution in [1.82, 2.24) is 14.8 Å². The van der Waals surface area contributed by atoms with Gasteiger partial charge in [-0.05, 0) is 37.1 Å². The quantitative estimate of drug-likeness (QED) is 0.801. The predicted octanol–water partition coefficient (Wildman–Crippen LogP) is 3.82. The molecule has 3 rings (SSSR count). The van der Waals surface area contributed by atoms with Crippen LogP contribution in [0.25, 0.3) is 0 Å². The third-order valence-corrected chi connectivity index (χ3v) is 5.56. The van der Waals surface area contributed by atoms with Crippen LogP contribution >= 0.6 is 11.6 Å². The fraction of sp³-hybridized carbons (Fsp3) is 0.429. The Morgan fingerprint density at radius 1 is 1.08 bits per heavy atom. The standard InChI is InChI=1S/C21H26ClN3O/c1-16(15-18-7-3-4-8-19(18)22)21(26)25-13-11-24(12-14-25)17(2)20-9-5-6-10-23-20/h3-10,16-17H,11-15H2,1-2H3/t16-,17+/m1/s1. The Hall–Kier alpha value is -1.91. The number of benzene rings is 1. The van der Waals surface area contributed by atoms with E-state index >= 15 is 0 Å². The van der Waals surface area contributed by atoms with Gasteiger partial charge in [-0.15, -0.1) is 0 Å². The Morgan fingerprint density at radius 3 is 2.42 bits per heavy atom. The summed E-state index contributed by atoms with van der Waals surface area (Å²) in [6, 6.07) is 14.1. The highest BCUT2D eigenvalue weighted by atomic mass is 35.5. The molecule has 0 saturated carbocycles. The summed E-state index contributed by atoms with van der Waals surface area (Å²) in [6.07, 6.45) is 2.52. The van der Waals surface area contributed by atoms with E-state index in [4.69, 9.17) is 11.6 Å². The first-order valence-corrected chi connectivity index (χ1v) is 9.61. The van der Waals surface area contributed by atoms with Crippen LogP contribution in [0.2, 0.25) is 5.02 Å². The van der Waals surface area contributed by atoms with Crippen molar-refractivity contribution < 1.29 is 4.79 Å². The van der Waals surface area contributed by atoms with Gasteiger partial charge >= 0.3 is 0 Å². The highest BCUT2D eigenvalue weighted by Gasteiger charge is 2.27. The van der Waals surface area contributed by atoms with Gasteiger partial charge in [-0.3, -0.25) is 14.7 Å². The number of pyridine rings is 1. The average molecular weight is 372 g/mol. The first-order valence-electron chi connectivity index (χ1n) is 9.23. The number of carbonyl (C=O) groups is 1. The van der Waals surface area contributed by atoms with Gasteiger partial charge in [-0.25, -0.2) is 0 Å². The van der Waals surface area contributed by atoms with Crippen LogP contribution in [0.4, 0.5) is 0 Å². The summed E-state index contributed by atoms with van der Waals surface area (Å²) in [5, 5.41) is 0.737. The zero-order chi connectivity index (χ0) is 18.5. The number of aromatic nitrogens is 1. The highest BCUT2D eigenvalue weighted by molar-refractivity contribution is 6.31. The van der Waals surface area contributed by atoms with Crippen molar-refractivity contribution in [3.8, 4) is 0 Å². The lowest BCUT2D eigenvalue weighted by atomic mass is 9.99. The van der Waals surface area contributed by atoms with Gasteiger partial charge < -0.3 is 4.90 Å². The molecular weight excluding hydrogens is 346 g/mol. The largest absolute Gasteiger partial charge is 0.340 e. The van der Waals surface area contributed by atoms with Crippen LogP contribution in [0.5, 0.6) is 0 Å². The van der Waals surface area contributed by atoms with E-state index < -0.39 is 0 Å². The lowest BCUT2D eigenvalue weighted by Gasteiger charge is -2.38. The lowest BCUT2D eigenvalue weighted by Crippen LogP contribution is -2.50. The lowest BCUT2D eigenvalue weighted by molar-refractivity contribution is -0.137. The van der Waals surface area contributed by atoms with E-state index in [-0.39, 0.29) is 17.9 Å². The summed E-state index contributed by atoms with van der Waals surface area (Å²) >= 11 is 6.23. The molecule has 0 bridgehead atoms. The van der Waals surface area contributed by atoms with Crippen LogP contribution in [-0.2, 0) is 11.2 Å². The maximum absolute atomic E-state index is 12.8. The number of amides is 1. The fourth-order valence-electron chi connectivity index (χ4n) is 3.53. The molecule has 1 saturated heterocycles. The molecular formula is C21H26ClN3O. The van der Waals surface area contributed by atoms with Gasteiger partial charge in [0.25, 0.3) is 0 Å². The molecule has 1 aromatic carbocycles. The molecule has 2 aromatic rings. The molecule has 1 aliphatic heterocycles. The molecule has 1 aromatic heterocycles. The third-order valence-electron chi connectivity index (χ3n) is 5.19. The molecule has 1 fully saturated rings. The van der Waals surface area contributed by atoms with Crippen molar-refractivity contribution >= 4 is 17.5 Å². The van der Waals surface area contributed by atoms with Crippen LogP contribution < -0.4 is 0 Å². The third kappa shape index (κ3) is 4.43. The molecule has 4 nitrogen and oxygen atoms in total. The minimum atomic E-state index is -0.0605. The summed E-state index contributed by atoms with van der Waals surface area (Å²) in [7, 11) is 0. The molecule has 0 unspecified atom stereocenters. The van der Waals surface area contributed by atoms with E-state index in [0.29, 0.717) is 6.42 Å². The van der Waals surface area contributed by atoms with Gasteiger partial charge in [0.05, 0.1) is 5.69 Å². The number of carbonyl (C=O) groups excluding carboxylic acids is 1. The monoisotopic (exact) mass is 371 g/mol. The van der Waals surface area contributed by atoms with Gasteiger partial charge in [0, 0.05) is 49.4 Å². The van der Waals surface area contributed by atoms with Crippen LogP contribution in [-0.4, -0.2) is 46.9 Å². The maximum atomic E-state index is 12.8. The van der Waals surface area contributed by atoms with Gasteiger partial charge in [-0.1, -0.05) is 42.8 Å². The molecule has 0 spiro atoms. The Labute approximate surface area is 160 Å². The zero-order valence-electron chi connectivity index (χ0n) is 15.4. The number of nitrogens with zero attached hydrogens (tertiary/aromatic N) is 3. The topological polar surface area (TPSA) is 36.4 Å². The van der Waals surface area contributed by atoms with Crippen molar-refractivity contribution in [2.45, 2.75) is 26.3 Å². The molecule has 0 radical (unpaired) electrons. The molecule has 2 atom stereocenters. The Morgan fingerprint density at radius 2 is 1.77 bits per heavy atom. The first-order chi connectivity index (χ1) is 12.6. The highest BCUT2D eigenvalue weighted by Crippen LogP contribution is 2.22. The van der Waals surface area contributed by atoms with Crippen molar-refractivity contribution in [2.24, 2.45) is 5.92 Å². The molecule has 0 aliphatic carbocycles. The normalized spacial score (nSPS) is 17.7. The number of hydrogen-bond donors (Lipinski definition) is 0. The minimum absolute atomic E-state index is 0.0605. The number of halogens is 1. The molecule has 0 N–H and O–H groups in total. The predicted molar refractivity (Wildman–Crippen MR) is 105 cm³/mol. The van der Waals surface area contributed by atoms with Crippen molar-refractivity contribution in [1.29, 1.82) is 0 Å². The van der Waals surface area contributed by atoms with E-state index in [0.717, 1.165) is 42.5 Å². The number of hydrogen-bond acceptors (Lipinski definition) is 3. The molecule has 1 amide bonds. The SMILES string of the molecule is C[C@H](Cc1ccccc1Cl)C(=O)N1CCN([C@@H](C)c2ccccn2)CC1. The summed E-state index contributed by atoms with van der Waals surface area (Å²) < 4.78 is 0. The van der Waals surface area contributed by atoms with Crippen LogP contribution in [0.3, 0.4) is 0 Å². The van der Waals surface area contributed by atoms with Crippen LogP contribution in [0, 0.1) is 5.92 Å². The van der Waals surface area contributed by atoms with Gasteiger partial charge in [-0.2, -0.15) is 0 Å². The summed E-state index contributed by atoms with van der Waals surface area (Å²) in [5.41, 5.74) is 2.12. The molecule has 138 valence electrons. The smallest absolute Gasteiger partial charge is 0.225 e. The maximum Gasteiger partial charge on any atom is 0.225 e. The first kappa shape index (κ1) is 18.9.